The first-order valence-electron chi connectivity index (χ1n) is 8.35. The van der Waals surface area contributed by atoms with E-state index >= 15 is 0 Å². The summed E-state index contributed by atoms with van der Waals surface area (Å²) >= 11 is 11.9. The summed E-state index contributed by atoms with van der Waals surface area (Å²) in [6.07, 6.45) is -0.204. The minimum absolute atomic E-state index is 0.180. The van der Waals surface area contributed by atoms with Crippen molar-refractivity contribution in [2.75, 3.05) is 36.4 Å². The van der Waals surface area contributed by atoms with E-state index in [1.807, 2.05) is 18.2 Å². The lowest BCUT2D eigenvalue weighted by atomic mass is 10.2. The fraction of sp³-hybridized carbons (Fsp3) is 0.263. The molecular weight excluding hydrogens is 373 g/mol. The smallest absolute Gasteiger partial charge is 0.233 e. The summed E-state index contributed by atoms with van der Waals surface area (Å²) in [5.74, 6) is -0.565. The molecule has 26 heavy (non-hydrogen) atoms. The number of carbonyl (C=O) groups is 2. The summed E-state index contributed by atoms with van der Waals surface area (Å²) in [4.78, 5) is 28.5. The molecule has 3 rings (SSSR count). The van der Waals surface area contributed by atoms with Gasteiger partial charge in [-0.2, -0.15) is 0 Å². The first-order chi connectivity index (χ1) is 12.5. The number of benzene rings is 2. The van der Waals surface area contributed by atoms with Crippen molar-refractivity contribution in [2.24, 2.45) is 0 Å². The molecule has 1 aliphatic rings. The Balaban J connectivity index is 1.50. The molecule has 7 heteroatoms. The molecule has 1 N–H and O–H groups in total. The third kappa shape index (κ3) is 4.68. The van der Waals surface area contributed by atoms with Crippen LogP contribution in [0.3, 0.4) is 0 Å². The van der Waals surface area contributed by atoms with E-state index in [1.54, 1.807) is 23.1 Å². The first kappa shape index (κ1) is 18.5. The van der Waals surface area contributed by atoms with E-state index in [0.717, 1.165) is 18.8 Å². The number of carbonyl (C=O) groups excluding carboxylic acids is 2. The molecule has 1 saturated heterocycles. The van der Waals surface area contributed by atoms with Gasteiger partial charge in [0.1, 0.15) is 6.42 Å². The van der Waals surface area contributed by atoms with Gasteiger partial charge >= 0.3 is 0 Å². The van der Waals surface area contributed by atoms with Gasteiger partial charge in [0.2, 0.25) is 11.8 Å². The lowest BCUT2D eigenvalue weighted by Crippen LogP contribution is -2.49. The Bertz CT molecular complexity index is 791. The van der Waals surface area contributed by atoms with Gasteiger partial charge in [0.05, 0.1) is 10.7 Å². The van der Waals surface area contributed by atoms with Gasteiger partial charge in [0, 0.05) is 36.9 Å². The van der Waals surface area contributed by atoms with Crippen LogP contribution in [0.5, 0.6) is 0 Å². The average Bonchev–Trinajstić information content (AvgIpc) is 2.65. The zero-order chi connectivity index (χ0) is 18.5. The van der Waals surface area contributed by atoms with Crippen molar-refractivity contribution in [1.29, 1.82) is 0 Å². The number of hydrogen-bond donors (Lipinski definition) is 1. The summed E-state index contributed by atoms with van der Waals surface area (Å²) in [7, 11) is 0. The molecule has 1 aliphatic heterocycles. The molecule has 0 bridgehead atoms. The maximum atomic E-state index is 12.4. The highest BCUT2D eigenvalue weighted by atomic mass is 35.5. The fourth-order valence-corrected chi connectivity index (χ4v) is 3.34. The Kier molecular flexibility index (Phi) is 6.01. The number of nitrogens with one attached hydrogen (secondary N) is 1. The highest BCUT2D eigenvalue weighted by Crippen LogP contribution is 2.25. The Morgan fingerprint density at radius 3 is 2.31 bits per heavy atom. The molecule has 0 radical (unpaired) electrons. The third-order valence-corrected chi connectivity index (χ3v) is 4.82. The van der Waals surface area contributed by atoms with Crippen LogP contribution < -0.4 is 10.2 Å². The molecule has 0 spiro atoms. The highest BCUT2D eigenvalue weighted by molar-refractivity contribution is 6.36. The molecule has 0 aromatic heterocycles. The average molecular weight is 392 g/mol. The van der Waals surface area contributed by atoms with Gasteiger partial charge in [-0.05, 0) is 30.3 Å². The number of para-hydroxylation sites is 1. The van der Waals surface area contributed by atoms with E-state index in [9.17, 15) is 9.59 Å². The van der Waals surface area contributed by atoms with E-state index in [4.69, 9.17) is 23.2 Å². The van der Waals surface area contributed by atoms with Gasteiger partial charge in [-0.25, -0.2) is 0 Å². The largest absolute Gasteiger partial charge is 0.368 e. The van der Waals surface area contributed by atoms with Crippen molar-refractivity contribution in [3.63, 3.8) is 0 Å². The first-order valence-corrected chi connectivity index (χ1v) is 9.11. The predicted molar refractivity (Wildman–Crippen MR) is 105 cm³/mol. The molecule has 5 nitrogen and oxygen atoms in total. The Hall–Kier alpha value is -2.24. The van der Waals surface area contributed by atoms with E-state index in [0.29, 0.717) is 28.8 Å². The monoisotopic (exact) mass is 391 g/mol. The summed E-state index contributed by atoms with van der Waals surface area (Å²) < 4.78 is 0. The van der Waals surface area contributed by atoms with Gasteiger partial charge in [0.15, 0.2) is 0 Å². The minimum atomic E-state index is -0.385. The van der Waals surface area contributed by atoms with Crippen LogP contribution in [0.4, 0.5) is 11.4 Å². The zero-order valence-electron chi connectivity index (χ0n) is 14.1. The van der Waals surface area contributed by atoms with Crippen molar-refractivity contribution < 1.29 is 9.59 Å². The zero-order valence-corrected chi connectivity index (χ0v) is 15.6. The SMILES string of the molecule is O=C(CC(=O)N1CCN(c2ccccc2)CC1)Nc1ccc(Cl)cc1Cl. The molecule has 2 aromatic rings. The molecule has 136 valence electrons. The van der Waals surface area contributed by atoms with Gasteiger partial charge in [0.25, 0.3) is 0 Å². The van der Waals surface area contributed by atoms with Gasteiger partial charge < -0.3 is 15.1 Å². The van der Waals surface area contributed by atoms with Crippen LogP contribution in [0.25, 0.3) is 0 Å². The Morgan fingerprint density at radius 1 is 0.962 bits per heavy atom. The van der Waals surface area contributed by atoms with Crippen LogP contribution in [-0.2, 0) is 9.59 Å². The molecule has 1 heterocycles. The summed E-state index contributed by atoms with van der Waals surface area (Å²) in [5, 5.41) is 3.48. The van der Waals surface area contributed by atoms with Crippen LogP contribution in [0.15, 0.2) is 48.5 Å². The highest BCUT2D eigenvalue weighted by Gasteiger charge is 2.23. The number of amides is 2. The Morgan fingerprint density at radius 2 is 1.65 bits per heavy atom. The molecule has 0 unspecified atom stereocenters. The maximum absolute atomic E-state index is 12.4. The number of hydrogen-bond acceptors (Lipinski definition) is 3. The molecule has 2 aromatic carbocycles. The summed E-state index contributed by atoms with van der Waals surface area (Å²) in [5.41, 5.74) is 1.59. The number of halogens is 2. The minimum Gasteiger partial charge on any atom is -0.368 e. The van der Waals surface area contributed by atoms with Crippen LogP contribution >= 0.6 is 23.2 Å². The second-order valence-electron chi connectivity index (χ2n) is 6.05. The third-order valence-electron chi connectivity index (χ3n) is 4.27. The van der Waals surface area contributed by atoms with E-state index in [-0.39, 0.29) is 18.2 Å². The van der Waals surface area contributed by atoms with Gasteiger partial charge in [-0.3, -0.25) is 9.59 Å². The standard InChI is InChI=1S/C19H19Cl2N3O2/c20-14-6-7-17(16(21)12-14)22-18(25)13-19(26)24-10-8-23(9-11-24)15-4-2-1-3-5-15/h1-7,12H,8-11,13H2,(H,22,25). The fourth-order valence-electron chi connectivity index (χ4n) is 2.89. The quantitative estimate of drug-likeness (QED) is 0.808. The molecule has 0 aliphatic carbocycles. The van der Waals surface area contributed by atoms with Gasteiger partial charge in [-0.1, -0.05) is 41.4 Å². The van der Waals surface area contributed by atoms with Crippen molar-refractivity contribution in [1.82, 2.24) is 4.90 Å². The normalized spacial score (nSPS) is 14.2. The molecule has 0 saturated carbocycles. The molecule has 1 fully saturated rings. The van der Waals surface area contributed by atoms with Gasteiger partial charge in [-0.15, -0.1) is 0 Å². The Labute approximate surface area is 162 Å². The van der Waals surface area contributed by atoms with E-state index in [1.165, 1.54) is 0 Å². The number of anilines is 2. The predicted octanol–water partition coefficient (Wildman–Crippen LogP) is 3.67. The van der Waals surface area contributed by atoms with Crippen molar-refractivity contribution in [2.45, 2.75) is 6.42 Å². The van der Waals surface area contributed by atoms with E-state index in [2.05, 4.69) is 22.3 Å². The van der Waals surface area contributed by atoms with Crippen molar-refractivity contribution >= 4 is 46.4 Å². The lowest BCUT2D eigenvalue weighted by molar-refractivity contribution is -0.134. The summed E-state index contributed by atoms with van der Waals surface area (Å²) in [6, 6.07) is 14.9. The second kappa shape index (κ2) is 8.43. The van der Waals surface area contributed by atoms with E-state index < -0.39 is 0 Å². The van der Waals surface area contributed by atoms with Crippen molar-refractivity contribution in [3.8, 4) is 0 Å². The van der Waals surface area contributed by atoms with Crippen LogP contribution in [0, 0.1) is 0 Å². The van der Waals surface area contributed by atoms with Crippen LogP contribution in [-0.4, -0.2) is 42.9 Å². The lowest BCUT2D eigenvalue weighted by Gasteiger charge is -2.36. The number of piperazine rings is 1. The number of rotatable bonds is 4. The van der Waals surface area contributed by atoms with Crippen LogP contribution in [0.1, 0.15) is 6.42 Å². The second-order valence-corrected chi connectivity index (χ2v) is 6.90. The maximum Gasteiger partial charge on any atom is 0.233 e. The van der Waals surface area contributed by atoms with Crippen molar-refractivity contribution in [3.05, 3.63) is 58.6 Å². The molecule has 0 atom stereocenters. The summed E-state index contributed by atoms with van der Waals surface area (Å²) in [6.45, 7) is 2.70. The topological polar surface area (TPSA) is 52.7 Å². The van der Waals surface area contributed by atoms with Crippen LogP contribution in [0.2, 0.25) is 10.0 Å². The number of nitrogens with zero attached hydrogens (tertiary/aromatic N) is 2. The molecular formula is C19H19Cl2N3O2. The molecule has 2 amide bonds.